The highest BCUT2D eigenvalue weighted by molar-refractivity contribution is 8.00. The van der Waals surface area contributed by atoms with Crippen LogP contribution in [0, 0.1) is 5.92 Å². The van der Waals surface area contributed by atoms with Crippen molar-refractivity contribution < 1.29 is 19.5 Å². The van der Waals surface area contributed by atoms with Crippen LogP contribution < -0.4 is 4.87 Å². The molecule has 26 heavy (non-hydrogen) atoms. The quantitative estimate of drug-likeness (QED) is 0.746. The average Bonchev–Trinajstić information content (AvgIpc) is 3.06. The maximum Gasteiger partial charge on any atom is 0.323 e. The lowest BCUT2D eigenvalue weighted by Gasteiger charge is -2.29. The molecular formula is C16H11ClN2O5S2. The Labute approximate surface area is 160 Å². The number of aromatic nitrogens is 1. The Morgan fingerprint density at radius 1 is 1.19 bits per heavy atom. The molecule has 1 saturated heterocycles. The van der Waals surface area contributed by atoms with Crippen molar-refractivity contribution in [2.45, 2.75) is 16.2 Å². The summed E-state index contributed by atoms with van der Waals surface area (Å²) in [5.74, 6) is -3.58. The van der Waals surface area contributed by atoms with Gasteiger partial charge < -0.3 is 10.1 Å². The number of imide groups is 1. The first-order valence-corrected chi connectivity index (χ1v) is 9.66. The smallest absolute Gasteiger partial charge is 0.323 e. The lowest BCUT2D eigenvalue weighted by Crippen LogP contribution is -2.36. The van der Waals surface area contributed by atoms with E-state index in [2.05, 4.69) is 4.98 Å². The van der Waals surface area contributed by atoms with Crippen molar-refractivity contribution in [1.29, 1.82) is 0 Å². The number of carboxylic acid groups (broad SMARTS) is 1. The van der Waals surface area contributed by atoms with E-state index in [-0.39, 0.29) is 4.87 Å². The number of nitrogens with one attached hydrogen (secondary N) is 1. The fraction of sp³-hybridized carbons (Fsp3) is 0.250. The minimum atomic E-state index is -1.25. The summed E-state index contributed by atoms with van der Waals surface area (Å²) in [6, 6.07) is 6.87. The van der Waals surface area contributed by atoms with Gasteiger partial charge in [0.15, 0.2) is 0 Å². The van der Waals surface area contributed by atoms with E-state index in [1.54, 1.807) is 24.3 Å². The number of carbonyl (C=O) groups excluding carboxylic acids is 2. The van der Waals surface area contributed by atoms with Crippen molar-refractivity contribution in [1.82, 2.24) is 9.88 Å². The van der Waals surface area contributed by atoms with Crippen LogP contribution in [0.3, 0.4) is 0 Å². The highest BCUT2D eigenvalue weighted by Crippen LogP contribution is 2.52. The number of nitrogens with zero attached hydrogens (tertiary/aromatic N) is 1. The first kappa shape index (κ1) is 17.3. The average molecular weight is 411 g/mol. The van der Waals surface area contributed by atoms with E-state index in [4.69, 9.17) is 16.7 Å². The Kier molecular flexibility index (Phi) is 4.17. The summed E-state index contributed by atoms with van der Waals surface area (Å²) in [5, 5.41) is 9.33. The Morgan fingerprint density at radius 2 is 1.88 bits per heavy atom. The van der Waals surface area contributed by atoms with Gasteiger partial charge in [0.25, 0.3) is 0 Å². The molecule has 2 aliphatic rings. The summed E-state index contributed by atoms with van der Waals surface area (Å²) < 4.78 is 0. The van der Waals surface area contributed by atoms with Crippen LogP contribution in [-0.2, 0) is 14.4 Å². The fourth-order valence-electron chi connectivity index (χ4n) is 3.39. The molecule has 2 aliphatic heterocycles. The minimum absolute atomic E-state index is 0.260. The molecule has 1 fully saturated rings. The number of likely N-dealkylation sites (tertiary alicyclic amines) is 1. The second-order valence-corrected chi connectivity index (χ2v) is 8.56. The monoisotopic (exact) mass is 410 g/mol. The second kappa shape index (κ2) is 6.26. The van der Waals surface area contributed by atoms with Gasteiger partial charge in [-0.25, -0.2) is 0 Å². The van der Waals surface area contributed by atoms with Gasteiger partial charge in [0.2, 0.25) is 11.8 Å². The van der Waals surface area contributed by atoms with Crippen molar-refractivity contribution >= 4 is 52.5 Å². The molecule has 134 valence electrons. The number of carbonyl (C=O) groups is 3. The van der Waals surface area contributed by atoms with Crippen molar-refractivity contribution in [3.8, 4) is 0 Å². The molecule has 4 rings (SSSR count). The lowest BCUT2D eigenvalue weighted by atomic mass is 9.83. The number of aliphatic carboxylic acids is 1. The number of hydrogen-bond acceptors (Lipinski definition) is 6. The second-order valence-electron chi connectivity index (χ2n) is 5.96. The van der Waals surface area contributed by atoms with Crippen molar-refractivity contribution in [3.63, 3.8) is 0 Å². The van der Waals surface area contributed by atoms with Gasteiger partial charge in [-0.2, -0.15) is 0 Å². The minimum Gasteiger partial charge on any atom is -0.480 e. The molecule has 3 atom stereocenters. The molecule has 2 amide bonds. The SMILES string of the molecule is O=C(O)CN1C(=O)C2Sc3[nH]c(=O)sc3[C@@H](c3ccc(Cl)cc3)C2C1=O. The Balaban J connectivity index is 1.85. The maximum absolute atomic E-state index is 12.9. The summed E-state index contributed by atoms with van der Waals surface area (Å²) in [5.41, 5.74) is 0.750. The molecule has 0 bridgehead atoms. The fourth-order valence-corrected chi connectivity index (χ4v) is 6.06. The summed E-state index contributed by atoms with van der Waals surface area (Å²) >= 11 is 8.06. The number of benzene rings is 1. The summed E-state index contributed by atoms with van der Waals surface area (Å²) in [7, 11) is 0. The molecule has 0 aliphatic carbocycles. The predicted molar refractivity (Wildman–Crippen MR) is 95.7 cm³/mol. The van der Waals surface area contributed by atoms with Crippen LogP contribution in [0.5, 0.6) is 0 Å². The van der Waals surface area contributed by atoms with Crippen molar-refractivity contribution in [3.05, 3.63) is 49.4 Å². The normalized spacial score (nSPS) is 24.5. The molecule has 0 saturated carbocycles. The van der Waals surface area contributed by atoms with E-state index in [1.165, 1.54) is 0 Å². The molecule has 0 spiro atoms. The number of thioether (sulfide) groups is 1. The Bertz CT molecular complexity index is 983. The van der Waals surface area contributed by atoms with E-state index in [1.807, 2.05) is 0 Å². The zero-order valence-corrected chi connectivity index (χ0v) is 15.4. The largest absolute Gasteiger partial charge is 0.480 e. The van der Waals surface area contributed by atoms with Gasteiger partial charge in [0.05, 0.1) is 10.9 Å². The summed E-state index contributed by atoms with van der Waals surface area (Å²) in [4.78, 5) is 52.3. The van der Waals surface area contributed by atoms with Crippen LogP contribution >= 0.6 is 34.7 Å². The van der Waals surface area contributed by atoms with Crippen LogP contribution in [-0.4, -0.2) is 44.6 Å². The number of rotatable bonds is 3. The van der Waals surface area contributed by atoms with Crippen LogP contribution in [0.15, 0.2) is 34.1 Å². The van der Waals surface area contributed by atoms with Crippen LogP contribution in [0.2, 0.25) is 5.02 Å². The van der Waals surface area contributed by atoms with Gasteiger partial charge in [-0.05, 0) is 17.7 Å². The Hall–Kier alpha value is -2.10. The van der Waals surface area contributed by atoms with Crippen molar-refractivity contribution in [2.24, 2.45) is 5.92 Å². The zero-order chi connectivity index (χ0) is 18.6. The predicted octanol–water partition coefficient (Wildman–Crippen LogP) is 1.77. The van der Waals surface area contributed by atoms with Crippen molar-refractivity contribution in [2.75, 3.05) is 6.54 Å². The number of H-pyrrole nitrogens is 1. The summed E-state index contributed by atoms with van der Waals surface area (Å²) in [6.45, 7) is -0.664. The van der Waals surface area contributed by atoms with Gasteiger partial charge in [-0.15, -0.1) is 0 Å². The number of fused-ring (bicyclic) bond motifs is 2. The number of thiazole rings is 1. The van der Waals surface area contributed by atoms with E-state index in [0.29, 0.717) is 14.9 Å². The third-order valence-corrected chi connectivity index (χ3v) is 7.09. The third-order valence-electron chi connectivity index (χ3n) is 4.44. The van der Waals surface area contributed by atoms with Crippen LogP contribution in [0.25, 0.3) is 0 Å². The highest BCUT2D eigenvalue weighted by Gasteiger charge is 2.56. The lowest BCUT2D eigenvalue weighted by molar-refractivity contribution is -0.149. The van der Waals surface area contributed by atoms with Crippen LogP contribution in [0.1, 0.15) is 16.4 Å². The standard InChI is InChI=1S/C16H11ClN2O5S2/c17-7-3-1-6(2-4-7)9-10-12(25-13-11(9)26-16(24)18-13)15(23)19(14(10)22)5-8(20)21/h1-4,9-10,12H,5H2,(H,18,24)(H,20,21)/t9-,10?,12?/m0/s1. The zero-order valence-electron chi connectivity index (χ0n) is 13.0. The van der Waals surface area contributed by atoms with Gasteiger partial charge >= 0.3 is 10.8 Å². The van der Waals surface area contributed by atoms with Gasteiger partial charge in [-0.1, -0.05) is 46.8 Å². The van der Waals surface area contributed by atoms with E-state index in [0.717, 1.165) is 33.6 Å². The van der Waals surface area contributed by atoms with Crippen LogP contribution in [0.4, 0.5) is 0 Å². The molecule has 2 aromatic rings. The van der Waals surface area contributed by atoms with Gasteiger partial charge in [0.1, 0.15) is 11.8 Å². The van der Waals surface area contributed by atoms with E-state index >= 15 is 0 Å². The van der Waals surface area contributed by atoms with E-state index in [9.17, 15) is 19.2 Å². The molecule has 3 heterocycles. The molecule has 2 N–H and O–H groups in total. The number of aromatic amines is 1. The van der Waals surface area contributed by atoms with Gasteiger partial charge in [-0.3, -0.25) is 24.1 Å². The molecule has 0 radical (unpaired) electrons. The third kappa shape index (κ3) is 2.67. The Morgan fingerprint density at radius 3 is 2.54 bits per heavy atom. The molecule has 10 heteroatoms. The maximum atomic E-state index is 12.9. The van der Waals surface area contributed by atoms with Gasteiger partial charge in [0, 0.05) is 15.8 Å². The molecule has 1 aromatic carbocycles. The number of amides is 2. The number of carboxylic acids is 1. The molecular weight excluding hydrogens is 400 g/mol. The highest BCUT2D eigenvalue weighted by atomic mass is 35.5. The molecule has 1 aromatic heterocycles. The number of halogens is 1. The number of hydrogen-bond donors (Lipinski definition) is 2. The first-order valence-electron chi connectivity index (χ1n) is 7.59. The topological polar surface area (TPSA) is 108 Å². The van der Waals surface area contributed by atoms with E-state index < -0.39 is 41.4 Å². The summed E-state index contributed by atoms with van der Waals surface area (Å²) in [6.07, 6.45) is 0. The molecule has 7 nitrogen and oxygen atoms in total. The first-order chi connectivity index (χ1) is 12.4. The molecule has 2 unspecified atom stereocenters.